The van der Waals surface area contributed by atoms with Crippen LogP contribution in [0.15, 0.2) is 82.3 Å². The van der Waals surface area contributed by atoms with Crippen LogP contribution in [-0.4, -0.2) is 24.9 Å². The molecule has 0 bridgehead atoms. The maximum Gasteiger partial charge on any atom is 0.343 e. The lowest BCUT2D eigenvalue weighted by molar-refractivity contribution is 0.405. The fourth-order valence-corrected chi connectivity index (χ4v) is 4.87. The van der Waals surface area contributed by atoms with E-state index in [1.807, 2.05) is 62.4 Å². The molecule has 0 saturated carbocycles. The van der Waals surface area contributed by atoms with Crippen LogP contribution in [0.4, 0.5) is 10.2 Å². The number of nitrogens with two attached hydrogens (primary N) is 1. The molecule has 38 heavy (non-hydrogen) atoms. The predicted octanol–water partition coefficient (Wildman–Crippen LogP) is 5.61. The lowest BCUT2D eigenvalue weighted by Crippen LogP contribution is -2.14. The van der Waals surface area contributed by atoms with Gasteiger partial charge in [0.05, 0.1) is 10.8 Å². The minimum absolute atomic E-state index is 0.144. The van der Waals surface area contributed by atoms with Gasteiger partial charge in [-0.25, -0.2) is 23.8 Å². The van der Waals surface area contributed by atoms with Crippen LogP contribution in [0, 0.1) is 12.7 Å². The topological polar surface area (TPSA) is 120 Å². The van der Waals surface area contributed by atoms with Gasteiger partial charge in [-0.15, -0.1) is 0 Å². The first kappa shape index (κ1) is 23.4. The van der Waals surface area contributed by atoms with Crippen molar-refractivity contribution in [3.63, 3.8) is 0 Å². The van der Waals surface area contributed by atoms with E-state index in [2.05, 4.69) is 9.97 Å². The number of halogens is 1. The molecule has 188 valence electrons. The first-order chi connectivity index (χ1) is 18.3. The van der Waals surface area contributed by atoms with Crippen molar-refractivity contribution in [2.45, 2.75) is 19.9 Å². The van der Waals surface area contributed by atoms with Crippen LogP contribution >= 0.6 is 0 Å². The quantitative estimate of drug-likeness (QED) is 0.318. The molecule has 0 radical (unpaired) electrons. The van der Waals surface area contributed by atoms with Gasteiger partial charge in [-0.2, -0.15) is 5.10 Å². The Morgan fingerprint density at radius 1 is 1.00 bits per heavy atom. The van der Waals surface area contributed by atoms with E-state index in [0.29, 0.717) is 33.4 Å². The van der Waals surface area contributed by atoms with Gasteiger partial charge >= 0.3 is 5.63 Å². The van der Waals surface area contributed by atoms with E-state index in [1.54, 1.807) is 4.68 Å². The SMILES string of the molecule is Cc1ccc2c(-c3ccccc3)c(C(C)n3nc(-c4cc(O)cc(F)c4)c4c(N)ncnc43)oc(=O)c2c1. The fraction of sp³-hybridized carbons (Fsp3) is 0.103. The third kappa shape index (κ3) is 3.76. The summed E-state index contributed by atoms with van der Waals surface area (Å²) in [5.74, 6) is -0.361. The van der Waals surface area contributed by atoms with Crippen molar-refractivity contribution in [2.75, 3.05) is 5.73 Å². The molecular weight excluding hydrogens is 485 g/mol. The number of hydrogen-bond donors (Lipinski definition) is 2. The highest BCUT2D eigenvalue weighted by atomic mass is 19.1. The molecule has 9 heteroatoms. The van der Waals surface area contributed by atoms with Crippen molar-refractivity contribution in [2.24, 2.45) is 0 Å². The van der Waals surface area contributed by atoms with E-state index in [9.17, 15) is 14.3 Å². The molecular formula is C29H22FN5O3. The molecule has 6 rings (SSSR count). The summed E-state index contributed by atoms with van der Waals surface area (Å²) in [6, 6.07) is 18.3. The van der Waals surface area contributed by atoms with Crippen molar-refractivity contribution in [1.29, 1.82) is 0 Å². The number of benzene rings is 3. The second kappa shape index (κ2) is 8.81. The highest BCUT2D eigenvalue weighted by molar-refractivity contribution is 5.99. The number of aromatic hydroxyl groups is 1. The van der Waals surface area contributed by atoms with E-state index >= 15 is 0 Å². The molecule has 0 amide bonds. The lowest BCUT2D eigenvalue weighted by atomic mass is 9.95. The summed E-state index contributed by atoms with van der Waals surface area (Å²) < 4.78 is 21.8. The van der Waals surface area contributed by atoms with Crippen LogP contribution < -0.4 is 11.4 Å². The van der Waals surface area contributed by atoms with Crippen molar-refractivity contribution >= 4 is 27.6 Å². The van der Waals surface area contributed by atoms with Crippen molar-refractivity contribution in [1.82, 2.24) is 19.7 Å². The van der Waals surface area contributed by atoms with Gasteiger partial charge in [0.15, 0.2) is 5.65 Å². The van der Waals surface area contributed by atoms with Crippen LogP contribution in [0.25, 0.3) is 44.2 Å². The Kier molecular flexibility index (Phi) is 5.41. The maximum absolute atomic E-state index is 14.2. The molecule has 0 saturated heterocycles. The highest BCUT2D eigenvalue weighted by Gasteiger charge is 2.27. The Labute approximate surface area is 215 Å². The smallest absolute Gasteiger partial charge is 0.343 e. The molecule has 1 unspecified atom stereocenters. The molecule has 0 fully saturated rings. The maximum atomic E-state index is 14.2. The molecule has 8 nitrogen and oxygen atoms in total. The monoisotopic (exact) mass is 507 g/mol. The predicted molar refractivity (Wildman–Crippen MR) is 143 cm³/mol. The summed E-state index contributed by atoms with van der Waals surface area (Å²) in [7, 11) is 0. The normalized spacial score (nSPS) is 12.3. The molecule has 6 aromatic rings. The van der Waals surface area contributed by atoms with Crippen LogP contribution in [0.3, 0.4) is 0 Å². The van der Waals surface area contributed by atoms with Crippen molar-refractivity contribution in [3.8, 4) is 28.1 Å². The number of nitrogen functional groups attached to an aromatic ring is 1. The number of aryl methyl sites for hydroxylation is 1. The summed E-state index contributed by atoms with van der Waals surface area (Å²) in [6.45, 7) is 3.76. The minimum atomic E-state index is -0.631. The van der Waals surface area contributed by atoms with E-state index in [4.69, 9.17) is 15.2 Å². The van der Waals surface area contributed by atoms with E-state index < -0.39 is 17.5 Å². The number of rotatable bonds is 4. The Hall–Kier alpha value is -5.05. The Morgan fingerprint density at radius 2 is 1.79 bits per heavy atom. The van der Waals surface area contributed by atoms with Gasteiger partial charge in [0, 0.05) is 22.6 Å². The second-order valence-corrected chi connectivity index (χ2v) is 9.17. The zero-order chi connectivity index (χ0) is 26.6. The average Bonchev–Trinajstić information content (AvgIpc) is 3.29. The molecule has 0 aliphatic heterocycles. The van der Waals surface area contributed by atoms with Gasteiger partial charge in [-0.1, -0.05) is 48.0 Å². The number of phenolic OH excluding ortho intramolecular Hbond substituents is 1. The van der Waals surface area contributed by atoms with Gasteiger partial charge in [0.2, 0.25) is 0 Å². The molecule has 3 aromatic carbocycles. The molecule has 0 aliphatic carbocycles. The van der Waals surface area contributed by atoms with Crippen molar-refractivity contribution < 1.29 is 13.9 Å². The van der Waals surface area contributed by atoms with E-state index in [1.165, 1.54) is 18.5 Å². The molecule has 1 atom stereocenters. The average molecular weight is 508 g/mol. The van der Waals surface area contributed by atoms with Gasteiger partial charge < -0.3 is 15.3 Å². The molecule has 3 heterocycles. The first-order valence-corrected chi connectivity index (χ1v) is 11.9. The van der Waals surface area contributed by atoms with Crippen LogP contribution in [0.5, 0.6) is 5.75 Å². The highest BCUT2D eigenvalue weighted by Crippen LogP contribution is 2.39. The number of hydrogen-bond acceptors (Lipinski definition) is 7. The number of nitrogens with zero attached hydrogens (tertiary/aromatic N) is 4. The molecule has 0 spiro atoms. The summed E-state index contributed by atoms with van der Waals surface area (Å²) in [5, 5.41) is 16.4. The number of aromatic nitrogens is 4. The standard InChI is InChI=1S/C29H22FN5O3/c1-15-8-9-21-22(10-15)29(37)38-26(23(21)17-6-4-3-5-7-17)16(2)35-28-24(27(31)32-14-33-28)25(34-35)18-11-19(30)13-20(36)12-18/h3-14,16,36H,1-2H3,(H2,31,32,33). The zero-order valence-corrected chi connectivity index (χ0v) is 20.5. The number of phenols is 1. The molecule has 0 aliphatic rings. The third-order valence-electron chi connectivity index (χ3n) is 6.60. The lowest BCUT2D eigenvalue weighted by Gasteiger charge is -2.18. The van der Waals surface area contributed by atoms with E-state index in [0.717, 1.165) is 28.1 Å². The van der Waals surface area contributed by atoms with Gasteiger partial charge in [-0.3, -0.25) is 0 Å². The Bertz CT molecular complexity index is 1890. The summed E-state index contributed by atoms with van der Waals surface area (Å²) in [5.41, 5.74) is 9.29. The Balaban J connectivity index is 1.65. The summed E-state index contributed by atoms with van der Waals surface area (Å²) >= 11 is 0. The van der Waals surface area contributed by atoms with E-state index in [-0.39, 0.29) is 11.6 Å². The third-order valence-corrected chi connectivity index (χ3v) is 6.60. The number of anilines is 1. The Morgan fingerprint density at radius 3 is 2.55 bits per heavy atom. The van der Waals surface area contributed by atoms with Gasteiger partial charge in [0.1, 0.15) is 41.2 Å². The van der Waals surface area contributed by atoms with Gasteiger partial charge in [0.25, 0.3) is 0 Å². The second-order valence-electron chi connectivity index (χ2n) is 9.17. The van der Waals surface area contributed by atoms with Crippen molar-refractivity contribution in [3.05, 3.63) is 101 Å². The largest absolute Gasteiger partial charge is 0.508 e. The minimum Gasteiger partial charge on any atom is -0.508 e. The molecule has 3 aromatic heterocycles. The fourth-order valence-electron chi connectivity index (χ4n) is 4.87. The molecule has 3 N–H and O–H groups in total. The summed E-state index contributed by atoms with van der Waals surface area (Å²) in [4.78, 5) is 21.7. The number of fused-ring (bicyclic) bond motifs is 2. The summed E-state index contributed by atoms with van der Waals surface area (Å²) in [6.07, 6.45) is 1.31. The zero-order valence-electron chi connectivity index (χ0n) is 20.5. The van der Waals surface area contributed by atoms with Crippen LogP contribution in [0.1, 0.15) is 24.3 Å². The van der Waals surface area contributed by atoms with Crippen LogP contribution in [0.2, 0.25) is 0 Å². The van der Waals surface area contributed by atoms with Crippen LogP contribution in [-0.2, 0) is 0 Å². The first-order valence-electron chi connectivity index (χ1n) is 11.9. The van der Waals surface area contributed by atoms with Gasteiger partial charge in [-0.05, 0) is 37.6 Å².